The summed E-state index contributed by atoms with van der Waals surface area (Å²) in [7, 11) is 1.59. The average Bonchev–Trinajstić information content (AvgIpc) is 3.17. The van der Waals surface area contributed by atoms with Crippen molar-refractivity contribution in [3.05, 3.63) is 81.2 Å². The van der Waals surface area contributed by atoms with Crippen molar-refractivity contribution in [1.29, 1.82) is 0 Å². The van der Waals surface area contributed by atoms with Crippen LogP contribution in [0.2, 0.25) is 0 Å². The molecule has 0 radical (unpaired) electrons. The number of methoxy groups -OCH3 is 1. The minimum absolute atomic E-state index is 0.232. The van der Waals surface area contributed by atoms with Crippen LogP contribution < -0.4 is 10.1 Å². The number of aromatic nitrogens is 2. The maximum atomic E-state index is 12.3. The summed E-state index contributed by atoms with van der Waals surface area (Å²) in [6.45, 7) is 0. The highest BCUT2D eigenvalue weighted by atomic mass is 79.9. The zero-order valence-electron chi connectivity index (χ0n) is 15.9. The number of benzene rings is 3. The van der Waals surface area contributed by atoms with Gasteiger partial charge in [0.1, 0.15) is 11.6 Å². The number of carbonyl (C=O) groups is 1. The van der Waals surface area contributed by atoms with E-state index >= 15 is 0 Å². The number of para-hydroxylation sites is 2. The van der Waals surface area contributed by atoms with E-state index < -0.39 is 0 Å². The Hall–Kier alpha value is -2.90. The highest BCUT2D eigenvalue weighted by Crippen LogP contribution is 2.33. The van der Waals surface area contributed by atoms with Gasteiger partial charge in [0.05, 0.1) is 22.6 Å². The average molecular weight is 527 g/mol. The lowest BCUT2D eigenvalue weighted by molar-refractivity contribution is -0.111. The van der Waals surface area contributed by atoms with Crippen molar-refractivity contribution in [3.63, 3.8) is 0 Å². The second-order valence-corrected chi connectivity index (χ2v) is 8.28. The van der Waals surface area contributed by atoms with E-state index in [-0.39, 0.29) is 5.91 Å². The molecule has 1 aromatic heterocycles. The van der Waals surface area contributed by atoms with Gasteiger partial charge >= 0.3 is 0 Å². The molecule has 3 aromatic carbocycles. The number of ether oxygens (including phenoxy) is 1. The second kappa shape index (κ2) is 8.85. The van der Waals surface area contributed by atoms with E-state index in [1.54, 1.807) is 13.2 Å². The zero-order chi connectivity index (χ0) is 21.1. The Balaban J connectivity index is 1.47. The van der Waals surface area contributed by atoms with E-state index in [0.717, 1.165) is 36.9 Å². The standard InChI is InChI=1S/C23H17Br2N3O2/c1-30-22-15(12-16(24)13-18(22)25)8-11-21(29)26-17-9-6-14(7-10-17)23-27-19-4-2-3-5-20(19)28-23/h2-13H,1H3,(H,26,29)(H,27,28)/b11-8+. The topological polar surface area (TPSA) is 67.0 Å². The number of imidazole rings is 1. The third kappa shape index (κ3) is 4.47. The predicted molar refractivity (Wildman–Crippen MR) is 128 cm³/mol. The third-order valence-corrected chi connectivity index (χ3v) is 5.52. The van der Waals surface area contributed by atoms with Crippen molar-refractivity contribution in [3.8, 4) is 17.1 Å². The number of aromatic amines is 1. The number of anilines is 1. The summed E-state index contributed by atoms with van der Waals surface area (Å²) in [4.78, 5) is 20.2. The van der Waals surface area contributed by atoms with Gasteiger partial charge in [0.2, 0.25) is 5.91 Å². The van der Waals surface area contributed by atoms with Crippen LogP contribution in [0.3, 0.4) is 0 Å². The first kappa shape index (κ1) is 20.4. The van der Waals surface area contributed by atoms with Crippen molar-refractivity contribution < 1.29 is 9.53 Å². The van der Waals surface area contributed by atoms with Crippen LogP contribution in [0.15, 0.2) is 75.7 Å². The maximum Gasteiger partial charge on any atom is 0.248 e. The third-order valence-electron chi connectivity index (χ3n) is 4.47. The fraction of sp³-hybridized carbons (Fsp3) is 0.0435. The van der Waals surface area contributed by atoms with Crippen LogP contribution in [0.25, 0.3) is 28.5 Å². The molecule has 0 saturated heterocycles. The van der Waals surface area contributed by atoms with Gasteiger partial charge in [-0.1, -0.05) is 28.1 Å². The number of nitrogens with zero attached hydrogens (tertiary/aromatic N) is 1. The van der Waals surface area contributed by atoms with E-state index in [0.29, 0.717) is 11.4 Å². The molecule has 0 fully saturated rings. The Labute approximate surface area is 190 Å². The molecule has 5 nitrogen and oxygen atoms in total. The van der Waals surface area contributed by atoms with Crippen LogP contribution in [0, 0.1) is 0 Å². The monoisotopic (exact) mass is 525 g/mol. The number of H-pyrrole nitrogens is 1. The van der Waals surface area contributed by atoms with E-state index in [9.17, 15) is 4.79 Å². The number of halogens is 2. The van der Waals surface area contributed by atoms with Gasteiger partial charge in [-0.25, -0.2) is 4.98 Å². The highest BCUT2D eigenvalue weighted by Gasteiger charge is 2.08. The number of carbonyl (C=O) groups excluding carboxylic acids is 1. The Morgan fingerprint density at radius 1 is 1.10 bits per heavy atom. The number of hydrogen-bond donors (Lipinski definition) is 2. The summed E-state index contributed by atoms with van der Waals surface area (Å²) in [5.74, 6) is 1.23. The molecule has 1 heterocycles. The molecule has 0 spiro atoms. The molecule has 150 valence electrons. The van der Waals surface area contributed by atoms with Crippen molar-refractivity contribution >= 4 is 60.6 Å². The van der Waals surface area contributed by atoms with Gasteiger partial charge in [0.25, 0.3) is 0 Å². The van der Waals surface area contributed by atoms with Gasteiger partial charge in [-0.15, -0.1) is 0 Å². The van der Waals surface area contributed by atoms with E-state index in [1.165, 1.54) is 6.08 Å². The summed E-state index contributed by atoms with van der Waals surface area (Å²) >= 11 is 6.91. The fourth-order valence-electron chi connectivity index (χ4n) is 3.07. The lowest BCUT2D eigenvalue weighted by Crippen LogP contribution is -2.07. The molecule has 2 N–H and O–H groups in total. The molecule has 0 saturated carbocycles. The van der Waals surface area contributed by atoms with Crippen LogP contribution in [0.1, 0.15) is 5.56 Å². The first-order valence-electron chi connectivity index (χ1n) is 9.11. The van der Waals surface area contributed by atoms with Crippen LogP contribution in [-0.2, 0) is 4.79 Å². The van der Waals surface area contributed by atoms with E-state index in [1.807, 2.05) is 60.7 Å². The lowest BCUT2D eigenvalue weighted by Gasteiger charge is -2.08. The van der Waals surface area contributed by atoms with Gasteiger partial charge in [-0.05, 0) is 70.5 Å². The van der Waals surface area contributed by atoms with Gasteiger partial charge in [0.15, 0.2) is 0 Å². The zero-order valence-corrected chi connectivity index (χ0v) is 19.1. The van der Waals surface area contributed by atoms with Gasteiger partial charge in [0, 0.05) is 27.4 Å². The Morgan fingerprint density at radius 3 is 2.60 bits per heavy atom. The first-order valence-corrected chi connectivity index (χ1v) is 10.7. The summed E-state index contributed by atoms with van der Waals surface area (Å²) < 4.78 is 7.09. The van der Waals surface area contributed by atoms with Crippen molar-refractivity contribution in [2.45, 2.75) is 0 Å². The minimum Gasteiger partial charge on any atom is -0.495 e. The molecule has 0 aliphatic rings. The number of fused-ring (bicyclic) bond motifs is 1. The van der Waals surface area contributed by atoms with Crippen LogP contribution in [-0.4, -0.2) is 23.0 Å². The summed E-state index contributed by atoms with van der Waals surface area (Å²) in [6, 6.07) is 19.2. The molecular formula is C23H17Br2N3O2. The molecule has 0 bridgehead atoms. The number of rotatable bonds is 5. The number of nitrogens with one attached hydrogen (secondary N) is 2. The van der Waals surface area contributed by atoms with Crippen LogP contribution in [0.4, 0.5) is 5.69 Å². The SMILES string of the molecule is COc1c(Br)cc(Br)cc1/C=C/C(=O)Nc1ccc(-c2nc3ccccc3[nH]2)cc1. The number of amides is 1. The summed E-state index contributed by atoms with van der Waals surface area (Å²) in [5.41, 5.74) is 4.35. The maximum absolute atomic E-state index is 12.3. The van der Waals surface area contributed by atoms with Gasteiger partial charge < -0.3 is 15.0 Å². The molecule has 0 unspecified atom stereocenters. The van der Waals surface area contributed by atoms with Gasteiger partial charge in [-0.3, -0.25) is 4.79 Å². The molecule has 0 aliphatic carbocycles. The first-order chi connectivity index (χ1) is 14.5. The molecule has 30 heavy (non-hydrogen) atoms. The predicted octanol–water partition coefficient (Wildman–Crippen LogP) is 6.42. The molecule has 4 aromatic rings. The molecule has 0 atom stereocenters. The molecule has 0 aliphatic heterocycles. The van der Waals surface area contributed by atoms with Gasteiger partial charge in [-0.2, -0.15) is 0 Å². The second-order valence-electron chi connectivity index (χ2n) is 6.51. The van der Waals surface area contributed by atoms with Crippen molar-refractivity contribution in [2.75, 3.05) is 12.4 Å². The van der Waals surface area contributed by atoms with Crippen molar-refractivity contribution in [1.82, 2.24) is 9.97 Å². The minimum atomic E-state index is -0.232. The number of hydrogen-bond acceptors (Lipinski definition) is 3. The van der Waals surface area contributed by atoms with Crippen molar-refractivity contribution in [2.24, 2.45) is 0 Å². The van der Waals surface area contributed by atoms with Crippen LogP contribution >= 0.6 is 31.9 Å². The van der Waals surface area contributed by atoms with E-state index in [2.05, 4.69) is 47.1 Å². The lowest BCUT2D eigenvalue weighted by atomic mass is 10.2. The highest BCUT2D eigenvalue weighted by molar-refractivity contribution is 9.11. The smallest absolute Gasteiger partial charge is 0.248 e. The molecule has 7 heteroatoms. The quantitative estimate of drug-likeness (QED) is 0.295. The van der Waals surface area contributed by atoms with E-state index in [4.69, 9.17) is 4.74 Å². The Kier molecular flexibility index (Phi) is 6.01. The molecular weight excluding hydrogens is 510 g/mol. The Bertz CT molecular complexity index is 1210. The Morgan fingerprint density at radius 2 is 1.87 bits per heavy atom. The van der Waals surface area contributed by atoms with Crippen LogP contribution in [0.5, 0.6) is 5.75 Å². The largest absolute Gasteiger partial charge is 0.495 e. The summed E-state index contributed by atoms with van der Waals surface area (Å²) in [6.07, 6.45) is 3.19. The fourth-order valence-corrected chi connectivity index (χ4v) is 4.49. The molecule has 1 amide bonds. The molecule has 4 rings (SSSR count). The normalized spacial score (nSPS) is 11.2. The summed E-state index contributed by atoms with van der Waals surface area (Å²) in [5, 5.41) is 2.86.